The minimum atomic E-state index is -3.81. The highest BCUT2D eigenvalue weighted by atomic mass is 32.2. The van der Waals surface area contributed by atoms with Crippen molar-refractivity contribution in [3.8, 4) is 5.75 Å². The monoisotopic (exact) mass is 247 g/mol. The van der Waals surface area contributed by atoms with Crippen LogP contribution in [-0.2, 0) is 9.84 Å². The zero-order valence-electron chi connectivity index (χ0n) is 8.03. The molecule has 2 N–H and O–H groups in total. The molecule has 0 fully saturated rings. The molecule has 0 bridgehead atoms. The third kappa shape index (κ3) is 2.47. The van der Waals surface area contributed by atoms with Gasteiger partial charge in [0.15, 0.2) is 9.84 Å². The predicted molar refractivity (Wildman–Crippen MR) is 53.9 cm³/mol. The molecule has 0 aromatic heterocycles. The minimum absolute atomic E-state index is 0.402. The highest BCUT2D eigenvalue weighted by Crippen LogP contribution is 2.27. The molecule has 1 aromatic rings. The molecule has 0 saturated carbocycles. The average molecular weight is 247 g/mol. The van der Waals surface area contributed by atoms with Crippen LogP contribution in [0.25, 0.3) is 0 Å². The first-order valence-electron chi connectivity index (χ1n) is 4.19. The number of aliphatic hydroxyl groups excluding tert-OH is 1. The van der Waals surface area contributed by atoms with Crippen LogP contribution >= 0.6 is 0 Å². The highest BCUT2D eigenvalue weighted by molar-refractivity contribution is 7.91. The summed E-state index contributed by atoms with van der Waals surface area (Å²) in [6.07, 6.45) is 0. The number of hydrogen-bond donors (Lipinski definition) is 2. The Bertz CT molecular complexity index is 509. The summed E-state index contributed by atoms with van der Waals surface area (Å²) in [4.78, 5) is 9.17. The Morgan fingerprint density at radius 3 is 2.44 bits per heavy atom. The van der Waals surface area contributed by atoms with Crippen molar-refractivity contribution in [3.05, 3.63) is 28.3 Å². The van der Waals surface area contributed by atoms with Gasteiger partial charge in [0.1, 0.15) is 10.6 Å². The number of phenolic OH excluding ortho intramolecular Hbond substituents is 1. The Balaban J connectivity index is 3.23. The van der Waals surface area contributed by atoms with E-state index >= 15 is 0 Å². The fraction of sp³-hybridized carbons (Fsp3) is 0.250. The number of non-ortho nitro benzene ring substituents is 1. The SMILES string of the molecule is O=[N+]([O-])c1ccc(S(=O)(=O)CCO)c(O)c1. The summed E-state index contributed by atoms with van der Waals surface area (Å²) in [5.74, 6) is -1.24. The molecule has 1 rings (SSSR count). The van der Waals surface area contributed by atoms with Crippen molar-refractivity contribution in [2.75, 3.05) is 12.4 Å². The van der Waals surface area contributed by atoms with Crippen LogP contribution in [0.15, 0.2) is 23.1 Å². The van der Waals surface area contributed by atoms with Crippen molar-refractivity contribution in [1.29, 1.82) is 0 Å². The topological polar surface area (TPSA) is 118 Å². The fourth-order valence-electron chi connectivity index (χ4n) is 1.11. The van der Waals surface area contributed by atoms with E-state index in [2.05, 4.69) is 0 Å². The molecule has 0 aliphatic rings. The highest BCUT2D eigenvalue weighted by Gasteiger charge is 2.20. The van der Waals surface area contributed by atoms with E-state index in [-0.39, 0.29) is 0 Å². The lowest BCUT2D eigenvalue weighted by Gasteiger charge is -2.04. The zero-order chi connectivity index (χ0) is 12.3. The van der Waals surface area contributed by atoms with Crippen LogP contribution in [0, 0.1) is 10.1 Å². The van der Waals surface area contributed by atoms with Gasteiger partial charge in [0.2, 0.25) is 0 Å². The second-order valence-electron chi connectivity index (χ2n) is 2.95. The summed E-state index contributed by atoms with van der Waals surface area (Å²) in [5, 5.41) is 28.2. The fourth-order valence-corrected chi connectivity index (χ4v) is 2.23. The van der Waals surface area contributed by atoms with Crippen molar-refractivity contribution < 1.29 is 23.6 Å². The van der Waals surface area contributed by atoms with Gasteiger partial charge >= 0.3 is 0 Å². The molecule has 0 unspecified atom stereocenters. The molecular formula is C8H9NO6S. The van der Waals surface area contributed by atoms with Gasteiger partial charge < -0.3 is 10.2 Å². The maximum absolute atomic E-state index is 11.4. The number of benzene rings is 1. The summed E-state index contributed by atoms with van der Waals surface area (Å²) >= 11 is 0. The first kappa shape index (κ1) is 12.4. The van der Waals surface area contributed by atoms with Crippen molar-refractivity contribution in [3.63, 3.8) is 0 Å². The van der Waals surface area contributed by atoms with E-state index in [0.717, 1.165) is 18.2 Å². The largest absolute Gasteiger partial charge is 0.506 e. The van der Waals surface area contributed by atoms with Crippen LogP contribution in [0.2, 0.25) is 0 Å². The van der Waals surface area contributed by atoms with Gasteiger partial charge in [0.05, 0.1) is 23.3 Å². The van der Waals surface area contributed by atoms with Crippen molar-refractivity contribution in [2.45, 2.75) is 4.90 Å². The maximum Gasteiger partial charge on any atom is 0.273 e. The van der Waals surface area contributed by atoms with Crippen LogP contribution in [0.3, 0.4) is 0 Å². The minimum Gasteiger partial charge on any atom is -0.506 e. The normalized spacial score (nSPS) is 11.3. The lowest BCUT2D eigenvalue weighted by molar-refractivity contribution is -0.385. The van der Waals surface area contributed by atoms with Gasteiger partial charge in [-0.25, -0.2) is 8.42 Å². The number of hydrogen-bond acceptors (Lipinski definition) is 6. The number of nitrogens with zero attached hydrogens (tertiary/aromatic N) is 1. The molecule has 88 valence electrons. The summed E-state index contributed by atoms with van der Waals surface area (Å²) in [5.41, 5.74) is -0.402. The van der Waals surface area contributed by atoms with Gasteiger partial charge in [-0.05, 0) is 6.07 Å². The Hall–Kier alpha value is -1.67. The van der Waals surface area contributed by atoms with E-state index in [1.165, 1.54) is 0 Å². The second kappa shape index (κ2) is 4.45. The molecular weight excluding hydrogens is 238 g/mol. The Morgan fingerprint density at radius 1 is 1.38 bits per heavy atom. The summed E-state index contributed by atoms with van der Waals surface area (Å²) in [6, 6.07) is 2.67. The van der Waals surface area contributed by atoms with Crippen LogP contribution in [-0.4, -0.2) is 35.9 Å². The predicted octanol–water partition coefficient (Wildman–Crippen LogP) is 0.0664. The van der Waals surface area contributed by atoms with E-state index in [9.17, 15) is 23.6 Å². The van der Waals surface area contributed by atoms with Gasteiger partial charge in [0, 0.05) is 6.07 Å². The zero-order valence-corrected chi connectivity index (χ0v) is 8.85. The molecule has 0 saturated heterocycles. The first-order chi connectivity index (χ1) is 7.38. The summed E-state index contributed by atoms with van der Waals surface area (Å²) in [7, 11) is -3.81. The third-order valence-corrected chi connectivity index (χ3v) is 3.58. The third-order valence-electron chi connectivity index (χ3n) is 1.85. The van der Waals surface area contributed by atoms with Crippen LogP contribution in [0.5, 0.6) is 5.75 Å². The van der Waals surface area contributed by atoms with Crippen molar-refractivity contribution >= 4 is 15.5 Å². The molecule has 0 aliphatic carbocycles. The van der Waals surface area contributed by atoms with E-state index < -0.39 is 43.5 Å². The standard InChI is InChI=1S/C8H9NO6S/c10-3-4-16(14,15)8-2-1-6(9(12)13)5-7(8)11/h1-2,5,10-11H,3-4H2. The van der Waals surface area contributed by atoms with Crippen LogP contribution in [0.1, 0.15) is 0 Å². The molecule has 7 nitrogen and oxygen atoms in total. The molecule has 0 radical (unpaired) electrons. The molecule has 0 heterocycles. The smallest absolute Gasteiger partial charge is 0.273 e. The molecule has 0 spiro atoms. The lowest BCUT2D eigenvalue weighted by Crippen LogP contribution is -2.10. The van der Waals surface area contributed by atoms with E-state index in [4.69, 9.17) is 5.11 Å². The van der Waals surface area contributed by atoms with Gasteiger partial charge in [-0.15, -0.1) is 0 Å². The lowest BCUT2D eigenvalue weighted by atomic mass is 10.3. The van der Waals surface area contributed by atoms with E-state index in [0.29, 0.717) is 0 Å². The second-order valence-corrected chi connectivity index (χ2v) is 5.03. The number of aliphatic hydroxyl groups is 1. The number of nitro groups is 1. The van der Waals surface area contributed by atoms with Crippen LogP contribution in [0.4, 0.5) is 5.69 Å². The van der Waals surface area contributed by atoms with E-state index in [1.54, 1.807) is 0 Å². The summed E-state index contributed by atoms with van der Waals surface area (Å²) < 4.78 is 22.9. The number of nitro benzene ring substituents is 1. The van der Waals surface area contributed by atoms with Crippen molar-refractivity contribution in [2.24, 2.45) is 0 Å². The first-order valence-corrected chi connectivity index (χ1v) is 5.85. The number of sulfone groups is 1. The number of rotatable bonds is 4. The quantitative estimate of drug-likeness (QED) is 0.574. The van der Waals surface area contributed by atoms with E-state index in [1.807, 2.05) is 0 Å². The van der Waals surface area contributed by atoms with Gasteiger partial charge in [-0.3, -0.25) is 10.1 Å². The molecule has 0 aliphatic heterocycles. The maximum atomic E-state index is 11.4. The van der Waals surface area contributed by atoms with Crippen molar-refractivity contribution in [1.82, 2.24) is 0 Å². The Morgan fingerprint density at radius 2 is 2.00 bits per heavy atom. The average Bonchev–Trinajstić information content (AvgIpc) is 2.16. The van der Waals surface area contributed by atoms with Gasteiger partial charge in [-0.2, -0.15) is 0 Å². The van der Waals surface area contributed by atoms with Crippen LogP contribution < -0.4 is 0 Å². The number of aromatic hydroxyl groups is 1. The molecule has 0 amide bonds. The molecule has 0 atom stereocenters. The number of phenols is 1. The molecule has 8 heteroatoms. The summed E-state index contributed by atoms with van der Waals surface area (Å²) in [6.45, 7) is -0.585. The molecule has 16 heavy (non-hydrogen) atoms. The van der Waals surface area contributed by atoms with Gasteiger partial charge in [0.25, 0.3) is 5.69 Å². The Kier molecular flexibility index (Phi) is 3.45. The Labute approximate surface area is 91.0 Å². The molecule has 1 aromatic carbocycles. The van der Waals surface area contributed by atoms with Gasteiger partial charge in [-0.1, -0.05) is 0 Å².